The molecule has 7 N–H and O–H groups in total. The van der Waals surface area contributed by atoms with E-state index in [1.807, 2.05) is 24.3 Å². The lowest BCUT2D eigenvalue weighted by Crippen LogP contribution is -2.48. The van der Waals surface area contributed by atoms with Crippen LogP contribution in [0.2, 0.25) is 0 Å². The minimum absolute atomic E-state index is 0.00691. The summed E-state index contributed by atoms with van der Waals surface area (Å²) in [4.78, 5) is 49.4. The summed E-state index contributed by atoms with van der Waals surface area (Å²) in [5, 5.41) is 66.9. The number of phenols is 3. The average Bonchev–Trinajstić information content (AvgIpc) is 1.50. The smallest absolute Gasteiger partial charge is 0.302 e. The van der Waals surface area contributed by atoms with Gasteiger partial charge < -0.3 is 59.5 Å². The molecule has 3 saturated carbocycles. The molecule has 6 aromatic rings. The topological polar surface area (TPSA) is 216 Å². The van der Waals surface area contributed by atoms with Crippen molar-refractivity contribution in [3.8, 4) is 46.3 Å². The lowest BCUT2D eigenvalue weighted by atomic mass is 9.49. The number of hydrogen-bond acceptors (Lipinski definition) is 13. The summed E-state index contributed by atoms with van der Waals surface area (Å²) >= 11 is 0. The van der Waals surface area contributed by atoms with Crippen LogP contribution >= 0.6 is 0 Å². The number of methoxy groups -OCH3 is 1. The van der Waals surface area contributed by atoms with E-state index in [-0.39, 0.29) is 119 Å². The van der Waals surface area contributed by atoms with E-state index in [1.165, 1.54) is 31.2 Å². The number of nitrogens with one attached hydrogen (secondary N) is 2. The SMILES string of the molecule is COc1cc2cc(O)c1Oc1cc(O)cc(c1)C[C@H]1C[C@H]3C=CC4=C[C@H]5c6c7c(ccc8c7cn6[C@H]2CC(=O)C[C@H](OC(C)=O)CC[C@@]26C7=CC=C[C@@H]2CC=C[C@@H]6c2c[nH]cc2[C@H](C#CC7)[C@@H](c2cccc(O)c2)C2=CCNC(=C2)N8CCC(C)=O)[C@@H](O)[C@]52CC[C@@]5(CC[C@@]3(C[C@@H]1CO)[C@H]45)C2. The molecule has 10 heterocycles. The van der Waals surface area contributed by atoms with Gasteiger partial charge >= 0.3 is 5.97 Å². The predicted octanol–water partition coefficient (Wildman–Crippen LogP) is 15.2. The van der Waals surface area contributed by atoms with Gasteiger partial charge in [-0.1, -0.05) is 90.3 Å². The Morgan fingerprint density at radius 3 is 2.55 bits per heavy atom. The lowest BCUT2D eigenvalue weighted by Gasteiger charge is -2.55. The van der Waals surface area contributed by atoms with Crippen molar-refractivity contribution in [2.45, 2.75) is 152 Å². The van der Waals surface area contributed by atoms with E-state index in [1.54, 1.807) is 25.1 Å². The third-order valence-electron chi connectivity index (χ3n) is 27.0. The zero-order valence-electron chi connectivity index (χ0n) is 57.6. The summed E-state index contributed by atoms with van der Waals surface area (Å²) in [6.07, 6.45) is 36.8. The van der Waals surface area contributed by atoms with Crippen LogP contribution in [0.3, 0.4) is 0 Å². The number of rotatable bonds is 7. The number of dihydropyridines is 1. The molecule has 17 aliphatic rings. The van der Waals surface area contributed by atoms with Crippen molar-refractivity contribution in [2.75, 3.05) is 31.7 Å². The Balaban J connectivity index is 0.909. The summed E-state index contributed by atoms with van der Waals surface area (Å²) in [6.45, 7) is 3.77. The van der Waals surface area contributed by atoms with Crippen molar-refractivity contribution in [1.29, 1.82) is 0 Å². The third-order valence-corrected chi connectivity index (χ3v) is 27.0. The number of aromatic nitrogens is 2. The monoisotopic (exact) mass is 1350 g/mol. The fraction of sp³-hybridized carbons (Fsp3) is 0.430. The van der Waals surface area contributed by atoms with E-state index >= 15 is 4.79 Å². The first kappa shape index (κ1) is 63.9. The molecule has 8 aliphatic heterocycles. The molecule has 23 rings (SSSR count). The van der Waals surface area contributed by atoms with E-state index in [2.05, 4.69) is 129 Å². The second-order valence-electron chi connectivity index (χ2n) is 31.9. The fourth-order valence-electron chi connectivity index (χ4n) is 23.0. The highest BCUT2D eigenvalue weighted by molar-refractivity contribution is 6.01. The van der Waals surface area contributed by atoms with Crippen LogP contribution in [0.1, 0.15) is 179 Å². The first-order valence-electron chi connectivity index (χ1n) is 36.9. The number of phenolic OH excluding ortho intramolecular Hbond substituents is 3. The number of aliphatic hydroxyl groups is 2. The van der Waals surface area contributed by atoms with Gasteiger partial charge in [0.1, 0.15) is 40.7 Å². The molecule has 2 aromatic heterocycles. The van der Waals surface area contributed by atoms with Crippen LogP contribution in [-0.2, 0) is 25.5 Å². The van der Waals surface area contributed by atoms with Gasteiger partial charge in [-0.2, -0.15) is 0 Å². The summed E-state index contributed by atoms with van der Waals surface area (Å²) in [7, 11) is 1.52. The van der Waals surface area contributed by atoms with E-state index in [4.69, 9.17) is 14.2 Å². The maximum absolute atomic E-state index is 16.3. The number of aromatic amines is 1. The molecule has 4 aromatic carbocycles. The van der Waals surface area contributed by atoms with Gasteiger partial charge in [0.25, 0.3) is 0 Å². The molecule has 9 aliphatic carbocycles. The molecule has 0 amide bonds. The summed E-state index contributed by atoms with van der Waals surface area (Å²) in [5.41, 5.74) is 8.87. The molecule has 16 atom stereocenters. The van der Waals surface area contributed by atoms with E-state index < -0.39 is 52.8 Å². The molecule has 15 nitrogen and oxygen atoms in total. The van der Waals surface area contributed by atoms with E-state index in [0.29, 0.717) is 43.5 Å². The number of Topliss-reactive ketones (excluding diaryl/α,β-unsaturated/α-hetero) is 2. The van der Waals surface area contributed by atoms with Crippen LogP contribution in [0.5, 0.6) is 34.5 Å². The molecule has 518 valence electrons. The lowest BCUT2D eigenvalue weighted by molar-refractivity contribution is -0.148. The first-order valence-corrected chi connectivity index (χ1v) is 36.9. The minimum atomic E-state index is -0.902. The van der Waals surface area contributed by atoms with Crippen molar-refractivity contribution < 1.29 is 54.1 Å². The van der Waals surface area contributed by atoms with Gasteiger partial charge in [-0.3, -0.25) is 14.4 Å². The Labute approximate surface area is 589 Å². The van der Waals surface area contributed by atoms with Crippen LogP contribution < -0.4 is 19.7 Å². The van der Waals surface area contributed by atoms with Gasteiger partial charge in [0.2, 0.25) is 5.75 Å². The Bertz CT molecular complexity index is 4790. The van der Waals surface area contributed by atoms with E-state index in [0.717, 1.165) is 113 Å². The van der Waals surface area contributed by atoms with E-state index in [9.17, 15) is 35.1 Å². The minimum Gasteiger partial charge on any atom is -0.508 e. The van der Waals surface area contributed by atoms with Crippen molar-refractivity contribution in [1.82, 2.24) is 14.9 Å². The Morgan fingerprint density at radius 2 is 1.72 bits per heavy atom. The van der Waals surface area contributed by atoms with Gasteiger partial charge in [0, 0.05) is 122 Å². The zero-order chi connectivity index (χ0) is 69.0. The molecular weight excluding hydrogens is 1260 g/mol. The number of anilines is 1. The Kier molecular flexibility index (Phi) is 15.2. The van der Waals surface area contributed by atoms with Crippen molar-refractivity contribution in [3.05, 3.63) is 208 Å². The highest BCUT2D eigenvalue weighted by Gasteiger charge is 2.70. The average molecular weight is 1350 g/mol. The maximum atomic E-state index is 16.3. The maximum Gasteiger partial charge on any atom is 0.302 e. The number of ketones is 2. The molecule has 0 radical (unpaired) electrons. The number of carbonyl (C=O) groups is 3. The molecule has 101 heavy (non-hydrogen) atoms. The Hall–Kier alpha value is -9.23. The fourth-order valence-corrected chi connectivity index (χ4v) is 23.0. The molecule has 3 fully saturated rings. The molecule has 18 bridgehead atoms. The number of aliphatic hydroxyl groups excluding tert-OH is 2. The number of aromatic hydroxyl groups is 3. The van der Waals surface area contributed by atoms with Crippen LogP contribution in [-0.4, -0.2) is 85.5 Å². The van der Waals surface area contributed by atoms with Crippen LogP contribution in [0.15, 0.2) is 169 Å². The van der Waals surface area contributed by atoms with Gasteiger partial charge in [-0.25, -0.2) is 0 Å². The highest BCUT2D eigenvalue weighted by atomic mass is 16.5. The van der Waals surface area contributed by atoms with Gasteiger partial charge in [0.15, 0.2) is 11.5 Å². The second kappa shape index (κ2) is 23.9. The number of nitrogens with zero attached hydrogens (tertiary/aromatic N) is 2. The van der Waals surface area contributed by atoms with Crippen molar-refractivity contribution in [2.24, 2.45) is 51.2 Å². The van der Waals surface area contributed by atoms with Crippen LogP contribution in [0, 0.1) is 63.1 Å². The van der Waals surface area contributed by atoms with Gasteiger partial charge in [0.05, 0.1) is 30.9 Å². The van der Waals surface area contributed by atoms with Crippen LogP contribution in [0.25, 0.3) is 10.8 Å². The quantitative estimate of drug-likeness (QED) is 0.0450. The first-order chi connectivity index (χ1) is 49.0. The zero-order valence-corrected chi connectivity index (χ0v) is 57.6. The molecular formula is C86H88N4O11. The number of ether oxygens (including phenoxy) is 3. The van der Waals surface area contributed by atoms with Crippen LogP contribution in [0.4, 0.5) is 5.69 Å². The normalized spacial score (nSPS) is 33.6. The van der Waals surface area contributed by atoms with Gasteiger partial charge in [-0.15, -0.1) is 0 Å². The second-order valence-corrected chi connectivity index (χ2v) is 31.9. The summed E-state index contributed by atoms with van der Waals surface area (Å²) in [6, 6.07) is 19.6. The number of allylic oxidation sites excluding steroid dienone is 12. The number of benzene rings is 4. The molecule has 4 spiro atoms. The standard InChI is InChI=1S/C86H88N4O11/c1-48(92)22-29-89-72-19-18-66-78-69(72)45-90-73(41-62(96)39-63(100-49(2)93)20-23-86-57-9-5-10-58(86)12-7-15-70(86)68-44-87-43-67(68)65(14-6-11-57)77(51-8-4-13-60(94)34-51)52-21-28-88-76(89)38-52)55-36-74(97)80(75(37-55)99-3)101-64-32-50(31-61(95)40-64)30-54-33-59-17-16-53-35-71(79(78)90)85(82(66)98)27-25-83(47-85)24-26-84(59,81(53)83)42-56(54)46-91/h4-5,7-10,13,15-19,21,31-32,34-38,40,43-45,54,56,58-59,63,65,70-71,73,77,81-82,87-88,91,94-95,97-98H,11-12,20,22-30,33,39,41-42,46-47H2,1-3H3/t54-,56+,58+,59+,63+,65-,70+,71-,73-,77-,81+,82+,83-,84-,85-,86+/m0/s1. The number of esters is 1. The molecule has 0 saturated heterocycles. The number of fused-ring (bicyclic) bond motifs is 1. The van der Waals surface area contributed by atoms with Gasteiger partial charge in [-0.05, 0) is 211 Å². The Morgan fingerprint density at radius 1 is 0.861 bits per heavy atom. The van der Waals surface area contributed by atoms with Crippen molar-refractivity contribution >= 4 is 34.0 Å². The third kappa shape index (κ3) is 9.90. The summed E-state index contributed by atoms with van der Waals surface area (Å²) < 4.78 is 21.7. The highest BCUT2D eigenvalue weighted by Crippen LogP contribution is 2.79. The number of hydrogen-bond donors (Lipinski definition) is 7. The predicted molar refractivity (Wildman–Crippen MR) is 384 cm³/mol. The molecule has 0 unspecified atom stereocenters. The molecule has 15 heteroatoms. The number of H-pyrrole nitrogens is 1. The summed E-state index contributed by atoms with van der Waals surface area (Å²) in [5.74, 6) is 7.29. The van der Waals surface area contributed by atoms with Crippen molar-refractivity contribution in [3.63, 3.8) is 0 Å². The largest absolute Gasteiger partial charge is 0.508 e. The number of carbonyl (C=O) groups excluding carboxylic acids is 3.